The molecule has 0 aliphatic heterocycles. The molecule has 0 saturated carbocycles. The van der Waals surface area contributed by atoms with E-state index in [0.29, 0.717) is 28.4 Å². The van der Waals surface area contributed by atoms with Crippen molar-refractivity contribution in [3.8, 4) is 17.2 Å². The second-order valence-electron chi connectivity index (χ2n) is 7.89. The van der Waals surface area contributed by atoms with Gasteiger partial charge < -0.3 is 19.0 Å². The summed E-state index contributed by atoms with van der Waals surface area (Å²) in [6, 6.07) is 12.3. The second kappa shape index (κ2) is 7.99. The summed E-state index contributed by atoms with van der Waals surface area (Å²) in [5.74, 6) is 0.482. The summed E-state index contributed by atoms with van der Waals surface area (Å²) in [6.07, 6.45) is 1.28. The van der Waals surface area contributed by atoms with Gasteiger partial charge in [0.15, 0.2) is 0 Å². The van der Waals surface area contributed by atoms with Crippen LogP contribution in [0.25, 0.3) is 11.0 Å². The molecule has 1 aromatic heterocycles. The molecule has 6 heteroatoms. The molecule has 1 heterocycles. The largest absolute Gasteiger partial charge is 0.492 e. The third kappa shape index (κ3) is 4.59. The van der Waals surface area contributed by atoms with E-state index >= 15 is 0 Å². The van der Waals surface area contributed by atoms with Crippen LogP contribution in [-0.2, 0) is 4.79 Å². The van der Waals surface area contributed by atoms with Crippen molar-refractivity contribution in [3.05, 3.63) is 64.5 Å². The first-order valence-corrected chi connectivity index (χ1v) is 9.37. The van der Waals surface area contributed by atoms with E-state index in [-0.39, 0.29) is 17.8 Å². The number of carboxylic acids is 1. The molecule has 0 spiro atoms. The SMILES string of the molecule is CC(C)c1cccc(Oc2coc3cc(OCC(C)(C)C(=O)O)ccc3c2=O)c1. The number of fused-ring (bicyclic) bond motifs is 1. The molecular formula is C23H24O6. The van der Waals surface area contributed by atoms with Gasteiger partial charge in [0.25, 0.3) is 0 Å². The van der Waals surface area contributed by atoms with Gasteiger partial charge >= 0.3 is 5.97 Å². The molecule has 0 unspecified atom stereocenters. The van der Waals surface area contributed by atoms with Crippen molar-refractivity contribution in [1.82, 2.24) is 0 Å². The number of carboxylic acid groups (broad SMARTS) is 1. The van der Waals surface area contributed by atoms with Crippen LogP contribution < -0.4 is 14.9 Å². The van der Waals surface area contributed by atoms with Crippen molar-refractivity contribution < 1.29 is 23.8 Å². The Morgan fingerprint density at radius 3 is 2.59 bits per heavy atom. The van der Waals surface area contributed by atoms with Crippen LogP contribution in [0.4, 0.5) is 0 Å². The Kier molecular flexibility index (Phi) is 5.64. The van der Waals surface area contributed by atoms with Gasteiger partial charge in [-0.3, -0.25) is 9.59 Å². The van der Waals surface area contributed by atoms with Crippen molar-refractivity contribution in [3.63, 3.8) is 0 Å². The Hall–Kier alpha value is -3.28. The molecule has 0 aliphatic carbocycles. The topological polar surface area (TPSA) is 86.0 Å². The van der Waals surface area contributed by atoms with E-state index in [1.165, 1.54) is 6.26 Å². The number of carbonyl (C=O) groups is 1. The van der Waals surface area contributed by atoms with E-state index in [4.69, 9.17) is 13.9 Å². The van der Waals surface area contributed by atoms with Gasteiger partial charge in [-0.05, 0) is 49.6 Å². The van der Waals surface area contributed by atoms with Crippen LogP contribution in [0.1, 0.15) is 39.2 Å². The van der Waals surface area contributed by atoms with Crippen molar-refractivity contribution in [2.24, 2.45) is 5.41 Å². The molecule has 3 rings (SSSR count). The summed E-state index contributed by atoms with van der Waals surface area (Å²) in [4.78, 5) is 24.0. The first kappa shape index (κ1) is 20.5. The predicted molar refractivity (Wildman–Crippen MR) is 110 cm³/mol. The van der Waals surface area contributed by atoms with E-state index in [1.807, 2.05) is 18.2 Å². The number of benzene rings is 2. The van der Waals surface area contributed by atoms with Gasteiger partial charge in [-0.1, -0.05) is 26.0 Å². The van der Waals surface area contributed by atoms with Gasteiger partial charge in [0.05, 0.1) is 10.8 Å². The molecule has 0 bridgehead atoms. The lowest BCUT2D eigenvalue weighted by atomic mass is 9.95. The molecule has 0 atom stereocenters. The van der Waals surface area contributed by atoms with Crippen LogP contribution >= 0.6 is 0 Å². The maximum atomic E-state index is 12.8. The van der Waals surface area contributed by atoms with Crippen LogP contribution in [0.15, 0.2) is 57.9 Å². The van der Waals surface area contributed by atoms with Gasteiger partial charge in [-0.25, -0.2) is 0 Å². The van der Waals surface area contributed by atoms with Crippen LogP contribution in [0.3, 0.4) is 0 Å². The molecule has 0 saturated heterocycles. The number of ether oxygens (including phenoxy) is 2. The van der Waals surface area contributed by atoms with E-state index in [0.717, 1.165) is 5.56 Å². The average molecular weight is 396 g/mol. The fourth-order valence-electron chi connectivity index (χ4n) is 2.64. The van der Waals surface area contributed by atoms with Gasteiger partial charge in [0, 0.05) is 6.07 Å². The van der Waals surface area contributed by atoms with E-state index in [1.54, 1.807) is 38.1 Å². The van der Waals surface area contributed by atoms with Crippen molar-refractivity contribution >= 4 is 16.9 Å². The van der Waals surface area contributed by atoms with E-state index in [2.05, 4.69) is 13.8 Å². The van der Waals surface area contributed by atoms with Crippen LogP contribution in [0, 0.1) is 5.41 Å². The number of hydrogen-bond acceptors (Lipinski definition) is 5. The summed E-state index contributed by atoms with van der Waals surface area (Å²) < 4.78 is 16.9. The van der Waals surface area contributed by atoms with E-state index in [9.17, 15) is 14.7 Å². The summed E-state index contributed by atoms with van der Waals surface area (Å²) >= 11 is 0. The Labute approximate surface area is 168 Å². The van der Waals surface area contributed by atoms with Gasteiger partial charge in [-0.2, -0.15) is 0 Å². The zero-order valence-corrected chi connectivity index (χ0v) is 16.9. The Morgan fingerprint density at radius 1 is 1.14 bits per heavy atom. The minimum absolute atomic E-state index is 0.00847. The molecule has 29 heavy (non-hydrogen) atoms. The molecular weight excluding hydrogens is 372 g/mol. The molecule has 0 fully saturated rings. The quantitative estimate of drug-likeness (QED) is 0.591. The lowest BCUT2D eigenvalue weighted by molar-refractivity contribution is -0.148. The van der Waals surface area contributed by atoms with Crippen LogP contribution in [0.5, 0.6) is 17.2 Å². The third-order valence-corrected chi connectivity index (χ3v) is 4.65. The first-order valence-electron chi connectivity index (χ1n) is 9.37. The molecule has 2 aromatic carbocycles. The molecule has 0 aliphatic rings. The lowest BCUT2D eigenvalue weighted by Gasteiger charge is -2.19. The van der Waals surface area contributed by atoms with Crippen molar-refractivity contribution in [2.45, 2.75) is 33.6 Å². The molecule has 152 valence electrons. The highest BCUT2D eigenvalue weighted by Crippen LogP contribution is 2.27. The summed E-state index contributed by atoms with van der Waals surface area (Å²) in [5.41, 5.74) is 0.124. The highest BCUT2D eigenvalue weighted by molar-refractivity contribution is 5.79. The zero-order chi connectivity index (χ0) is 21.2. The molecule has 0 amide bonds. The number of hydrogen-bond donors (Lipinski definition) is 1. The molecule has 6 nitrogen and oxygen atoms in total. The Bertz CT molecular complexity index is 1090. The monoisotopic (exact) mass is 396 g/mol. The normalized spacial score (nSPS) is 11.6. The minimum Gasteiger partial charge on any atom is -0.492 e. The minimum atomic E-state index is -1.03. The molecule has 1 N–H and O–H groups in total. The smallest absolute Gasteiger partial charge is 0.312 e. The van der Waals surface area contributed by atoms with Crippen LogP contribution in [-0.4, -0.2) is 17.7 Å². The summed E-state index contributed by atoms with van der Waals surface area (Å²) in [5, 5.41) is 9.53. The highest BCUT2D eigenvalue weighted by Gasteiger charge is 2.28. The molecule has 0 radical (unpaired) electrons. The van der Waals surface area contributed by atoms with Gasteiger partial charge in [-0.15, -0.1) is 0 Å². The van der Waals surface area contributed by atoms with Crippen LogP contribution in [0.2, 0.25) is 0 Å². The third-order valence-electron chi connectivity index (χ3n) is 4.65. The van der Waals surface area contributed by atoms with Gasteiger partial charge in [0.1, 0.15) is 30.0 Å². The Balaban J connectivity index is 1.84. The van der Waals surface area contributed by atoms with Crippen molar-refractivity contribution in [1.29, 1.82) is 0 Å². The first-order chi connectivity index (χ1) is 13.7. The fraction of sp³-hybridized carbons (Fsp3) is 0.304. The standard InChI is InChI=1S/C23H24O6/c1-14(2)15-6-5-7-17(10-15)29-20-12-27-19-11-16(8-9-18(19)21(20)24)28-13-23(3,4)22(25)26/h5-12,14H,13H2,1-4H3,(H,25,26). The number of aliphatic carboxylic acids is 1. The lowest BCUT2D eigenvalue weighted by Crippen LogP contribution is -2.30. The average Bonchev–Trinajstić information content (AvgIpc) is 2.68. The van der Waals surface area contributed by atoms with Gasteiger partial charge in [0.2, 0.25) is 11.2 Å². The second-order valence-corrected chi connectivity index (χ2v) is 7.89. The highest BCUT2D eigenvalue weighted by atomic mass is 16.5. The maximum Gasteiger partial charge on any atom is 0.312 e. The van der Waals surface area contributed by atoms with E-state index < -0.39 is 11.4 Å². The fourth-order valence-corrected chi connectivity index (χ4v) is 2.64. The Morgan fingerprint density at radius 2 is 1.90 bits per heavy atom. The summed E-state index contributed by atoms with van der Waals surface area (Å²) in [7, 11) is 0. The summed E-state index contributed by atoms with van der Waals surface area (Å²) in [6.45, 7) is 7.32. The van der Waals surface area contributed by atoms with Crippen molar-refractivity contribution in [2.75, 3.05) is 6.61 Å². The maximum absolute atomic E-state index is 12.8. The predicted octanol–water partition coefficient (Wildman–Crippen LogP) is 5.20. The molecule has 3 aromatic rings. The number of rotatable bonds is 7. The zero-order valence-electron chi connectivity index (χ0n) is 16.9.